The Morgan fingerprint density at radius 1 is 1.00 bits per heavy atom. The molecule has 27 heavy (non-hydrogen) atoms. The first-order chi connectivity index (χ1) is 12.8. The van der Waals surface area contributed by atoms with E-state index in [9.17, 15) is 9.59 Å². The van der Waals surface area contributed by atoms with E-state index in [0.717, 1.165) is 16.8 Å². The number of carbonyl (C=O) groups excluding carboxylic acids is 2. The Hall–Kier alpha value is -3.21. The van der Waals surface area contributed by atoms with E-state index in [0.29, 0.717) is 12.1 Å². The van der Waals surface area contributed by atoms with Gasteiger partial charge in [0.15, 0.2) is 0 Å². The summed E-state index contributed by atoms with van der Waals surface area (Å²) in [4.78, 5) is 24.5. The van der Waals surface area contributed by atoms with Gasteiger partial charge in [0.1, 0.15) is 0 Å². The fourth-order valence-electron chi connectivity index (χ4n) is 2.70. The fourth-order valence-corrected chi connectivity index (χ4v) is 2.70. The van der Waals surface area contributed by atoms with Crippen molar-refractivity contribution in [3.8, 4) is 5.69 Å². The Morgan fingerprint density at radius 3 is 2.22 bits per heavy atom. The third-order valence-corrected chi connectivity index (χ3v) is 4.38. The molecule has 1 aromatic heterocycles. The molecule has 0 saturated heterocycles. The molecule has 0 bridgehead atoms. The van der Waals surface area contributed by atoms with Crippen LogP contribution >= 0.6 is 0 Å². The van der Waals surface area contributed by atoms with Gasteiger partial charge in [0, 0.05) is 24.5 Å². The van der Waals surface area contributed by atoms with Crippen LogP contribution in [0.2, 0.25) is 0 Å². The molecule has 0 aliphatic rings. The molecule has 5 heteroatoms. The second kappa shape index (κ2) is 7.58. The first-order valence-corrected chi connectivity index (χ1v) is 8.86. The number of Topliss-reactive ketones (excluding diaryl/α,β-unsaturated/α-hetero) is 1. The smallest absolute Gasteiger partial charge is 0.292 e. The molecule has 0 spiro atoms. The zero-order chi connectivity index (χ0) is 19.4. The first-order valence-electron chi connectivity index (χ1n) is 8.86. The van der Waals surface area contributed by atoms with Gasteiger partial charge in [0.05, 0.1) is 5.69 Å². The van der Waals surface area contributed by atoms with Gasteiger partial charge in [0.2, 0.25) is 5.78 Å². The van der Waals surface area contributed by atoms with E-state index in [4.69, 9.17) is 0 Å². The zero-order valence-corrected chi connectivity index (χ0v) is 15.8. The summed E-state index contributed by atoms with van der Waals surface area (Å²) >= 11 is 0. The van der Waals surface area contributed by atoms with E-state index >= 15 is 0 Å². The molecule has 0 saturated carbocycles. The molecule has 0 fully saturated rings. The molecule has 1 N–H and O–H groups in total. The average molecular weight is 361 g/mol. The molecule has 5 nitrogen and oxygen atoms in total. The maximum Gasteiger partial charge on any atom is 0.292 e. The van der Waals surface area contributed by atoms with Crippen LogP contribution in [0.15, 0.2) is 67.0 Å². The molecule has 1 amide bonds. The van der Waals surface area contributed by atoms with E-state index in [1.165, 1.54) is 0 Å². The molecular formula is C22H23N3O2. The third kappa shape index (κ3) is 4.50. The van der Waals surface area contributed by atoms with Crippen LogP contribution in [-0.4, -0.2) is 21.5 Å². The highest BCUT2D eigenvalue weighted by Gasteiger charge is 2.18. The van der Waals surface area contributed by atoms with Crippen molar-refractivity contribution < 1.29 is 9.59 Å². The number of ketones is 1. The molecule has 0 unspecified atom stereocenters. The molecular weight excluding hydrogens is 338 g/mol. The number of hydrogen-bond donors (Lipinski definition) is 1. The lowest BCUT2D eigenvalue weighted by Crippen LogP contribution is -2.30. The molecule has 1 heterocycles. The van der Waals surface area contributed by atoms with Crippen LogP contribution < -0.4 is 5.32 Å². The van der Waals surface area contributed by atoms with Gasteiger partial charge in [-0.2, -0.15) is 5.10 Å². The predicted octanol–water partition coefficient (Wildman–Crippen LogP) is 3.67. The summed E-state index contributed by atoms with van der Waals surface area (Å²) in [6.07, 6.45) is 3.58. The first kappa shape index (κ1) is 18.6. The number of benzene rings is 2. The lowest BCUT2D eigenvalue weighted by Gasteiger charge is -2.18. The Balaban J connectivity index is 1.59. The number of carbonyl (C=O) groups is 2. The van der Waals surface area contributed by atoms with Gasteiger partial charge in [0.25, 0.3) is 5.91 Å². The molecule has 2 aromatic carbocycles. The Morgan fingerprint density at radius 2 is 1.67 bits per heavy atom. The number of aromatic nitrogens is 2. The number of nitrogens with zero attached hydrogens (tertiary/aromatic N) is 2. The monoisotopic (exact) mass is 361 g/mol. The normalized spacial score (nSPS) is 11.2. The minimum absolute atomic E-state index is 0.00612. The Kier molecular flexibility index (Phi) is 5.21. The highest BCUT2D eigenvalue weighted by Crippen LogP contribution is 2.22. The van der Waals surface area contributed by atoms with Gasteiger partial charge in [-0.1, -0.05) is 57.2 Å². The summed E-state index contributed by atoms with van der Waals surface area (Å²) in [6, 6.07) is 16.7. The number of nitrogens with one attached hydrogen (secondary N) is 1. The van der Waals surface area contributed by atoms with Gasteiger partial charge < -0.3 is 5.32 Å². The third-order valence-electron chi connectivity index (χ3n) is 4.38. The maximum atomic E-state index is 12.3. The van der Waals surface area contributed by atoms with Crippen LogP contribution in [0.1, 0.15) is 42.3 Å². The summed E-state index contributed by atoms with van der Waals surface area (Å²) in [5.41, 5.74) is 3.37. The number of amides is 1. The van der Waals surface area contributed by atoms with Crippen LogP contribution in [0, 0.1) is 0 Å². The highest BCUT2D eigenvalue weighted by atomic mass is 16.2. The lowest BCUT2D eigenvalue weighted by molar-refractivity contribution is -0.117. The van der Waals surface area contributed by atoms with Crippen molar-refractivity contribution in [3.63, 3.8) is 0 Å². The van der Waals surface area contributed by atoms with Crippen molar-refractivity contribution in [1.82, 2.24) is 15.1 Å². The van der Waals surface area contributed by atoms with Crippen LogP contribution in [0.3, 0.4) is 0 Å². The molecule has 0 aliphatic heterocycles. The Labute approximate surface area is 159 Å². The minimum atomic E-state index is -0.602. The SMILES string of the molecule is CC(C)(C)c1ccc(C(=O)C(=O)NCc2ccc(-n3cccn3)cc2)cc1. The molecule has 3 aromatic rings. The van der Waals surface area contributed by atoms with Crippen molar-refractivity contribution in [2.75, 3.05) is 0 Å². The van der Waals surface area contributed by atoms with Gasteiger partial charge in [-0.05, 0) is 34.7 Å². The van der Waals surface area contributed by atoms with Crippen LogP contribution in [0.25, 0.3) is 5.69 Å². The van der Waals surface area contributed by atoms with Crippen LogP contribution in [0.4, 0.5) is 0 Å². The standard InChI is InChI=1S/C22H23N3O2/c1-22(2,3)18-9-7-17(8-10-18)20(26)21(27)23-15-16-5-11-19(12-6-16)25-14-4-13-24-25/h4-14H,15H2,1-3H3,(H,23,27). The molecule has 0 atom stereocenters. The van der Waals surface area contributed by atoms with E-state index in [2.05, 4.69) is 31.2 Å². The van der Waals surface area contributed by atoms with Crippen molar-refractivity contribution in [1.29, 1.82) is 0 Å². The summed E-state index contributed by atoms with van der Waals surface area (Å²) in [5.74, 6) is -1.13. The molecule has 138 valence electrons. The van der Waals surface area contributed by atoms with E-state index in [1.807, 2.05) is 48.7 Å². The van der Waals surface area contributed by atoms with Gasteiger partial charge in [-0.25, -0.2) is 4.68 Å². The fraction of sp³-hybridized carbons (Fsp3) is 0.227. The van der Waals surface area contributed by atoms with Gasteiger partial charge >= 0.3 is 0 Å². The van der Waals surface area contributed by atoms with Crippen molar-refractivity contribution in [3.05, 3.63) is 83.7 Å². The second-order valence-electron chi connectivity index (χ2n) is 7.46. The van der Waals surface area contributed by atoms with Gasteiger partial charge in [-0.3, -0.25) is 9.59 Å². The Bertz CT molecular complexity index is 919. The second-order valence-corrected chi connectivity index (χ2v) is 7.46. The van der Waals surface area contributed by atoms with E-state index in [-0.39, 0.29) is 5.41 Å². The van der Waals surface area contributed by atoms with Crippen molar-refractivity contribution >= 4 is 11.7 Å². The summed E-state index contributed by atoms with van der Waals surface area (Å²) in [5, 5.41) is 6.86. The number of rotatable bonds is 5. The summed E-state index contributed by atoms with van der Waals surface area (Å²) < 4.78 is 1.76. The van der Waals surface area contributed by atoms with Gasteiger partial charge in [-0.15, -0.1) is 0 Å². The lowest BCUT2D eigenvalue weighted by atomic mass is 9.86. The predicted molar refractivity (Wildman–Crippen MR) is 105 cm³/mol. The largest absolute Gasteiger partial charge is 0.345 e. The zero-order valence-electron chi connectivity index (χ0n) is 15.8. The minimum Gasteiger partial charge on any atom is -0.345 e. The molecule has 0 radical (unpaired) electrons. The topological polar surface area (TPSA) is 64.0 Å². The summed E-state index contributed by atoms with van der Waals surface area (Å²) in [6.45, 7) is 6.61. The summed E-state index contributed by atoms with van der Waals surface area (Å²) in [7, 11) is 0. The van der Waals surface area contributed by atoms with E-state index < -0.39 is 11.7 Å². The average Bonchev–Trinajstić information content (AvgIpc) is 3.20. The van der Waals surface area contributed by atoms with Crippen LogP contribution in [-0.2, 0) is 16.8 Å². The highest BCUT2D eigenvalue weighted by molar-refractivity contribution is 6.42. The maximum absolute atomic E-state index is 12.3. The van der Waals surface area contributed by atoms with Crippen molar-refractivity contribution in [2.24, 2.45) is 0 Å². The molecule has 3 rings (SSSR count). The van der Waals surface area contributed by atoms with Crippen LogP contribution in [0.5, 0.6) is 0 Å². The molecule has 0 aliphatic carbocycles. The van der Waals surface area contributed by atoms with Crippen molar-refractivity contribution in [2.45, 2.75) is 32.7 Å². The quantitative estimate of drug-likeness (QED) is 0.557. The van der Waals surface area contributed by atoms with E-state index in [1.54, 1.807) is 23.0 Å². The number of hydrogen-bond acceptors (Lipinski definition) is 3.